The lowest BCUT2D eigenvalue weighted by atomic mass is 9.83. The van der Waals surface area contributed by atoms with Crippen molar-refractivity contribution < 1.29 is 9.53 Å². The predicted octanol–water partition coefficient (Wildman–Crippen LogP) is 4.70. The Morgan fingerprint density at radius 2 is 1.41 bits per heavy atom. The number of esters is 1. The highest BCUT2D eigenvalue weighted by Gasteiger charge is 2.40. The summed E-state index contributed by atoms with van der Waals surface area (Å²) in [5.74, 6) is -0.789. The summed E-state index contributed by atoms with van der Waals surface area (Å²) in [4.78, 5) is 18.1. The smallest absolute Gasteiger partial charge is 0.316 e. The van der Waals surface area contributed by atoms with Crippen LogP contribution in [-0.2, 0) is 9.53 Å². The maximum Gasteiger partial charge on any atom is 0.316 e. The second-order valence-corrected chi connectivity index (χ2v) is 6.98. The molecule has 1 N–H and O–H groups in total. The van der Waals surface area contributed by atoms with Gasteiger partial charge in [0.25, 0.3) is 0 Å². The molecule has 3 aromatic carbocycles. The SMILES string of the molecule is CCOC(=O)[C@H]1C(c2ccccc2)=N[C@@H](c2ccccc2)N[C@H]1c1ccccc1. The van der Waals surface area contributed by atoms with Crippen LogP contribution in [0.25, 0.3) is 0 Å². The fraction of sp³-hybridized carbons (Fsp3) is 0.200. The molecular weight excluding hydrogens is 360 g/mol. The van der Waals surface area contributed by atoms with E-state index in [1.54, 1.807) is 0 Å². The number of hydrogen-bond donors (Lipinski definition) is 1. The second kappa shape index (κ2) is 8.84. The van der Waals surface area contributed by atoms with Gasteiger partial charge in [-0.3, -0.25) is 15.1 Å². The van der Waals surface area contributed by atoms with E-state index in [0.29, 0.717) is 6.61 Å². The Labute approximate surface area is 171 Å². The summed E-state index contributed by atoms with van der Waals surface area (Å²) in [7, 11) is 0. The van der Waals surface area contributed by atoms with E-state index in [2.05, 4.69) is 17.4 Å². The Morgan fingerprint density at radius 1 is 0.862 bits per heavy atom. The van der Waals surface area contributed by atoms with Crippen molar-refractivity contribution in [2.24, 2.45) is 10.9 Å². The van der Waals surface area contributed by atoms with E-state index < -0.39 is 5.92 Å². The molecule has 0 saturated carbocycles. The zero-order valence-corrected chi connectivity index (χ0v) is 16.4. The molecule has 0 unspecified atom stereocenters. The summed E-state index contributed by atoms with van der Waals surface area (Å²) >= 11 is 0. The minimum atomic E-state index is -0.528. The van der Waals surface area contributed by atoms with Crippen LogP contribution in [0, 0.1) is 5.92 Å². The molecule has 1 aliphatic rings. The summed E-state index contributed by atoms with van der Waals surface area (Å²) < 4.78 is 5.47. The highest BCUT2D eigenvalue weighted by atomic mass is 16.5. The lowest BCUT2D eigenvalue weighted by Gasteiger charge is -2.36. The third kappa shape index (κ3) is 4.13. The van der Waals surface area contributed by atoms with E-state index in [-0.39, 0.29) is 18.2 Å². The largest absolute Gasteiger partial charge is 0.465 e. The van der Waals surface area contributed by atoms with Crippen molar-refractivity contribution in [3.63, 3.8) is 0 Å². The van der Waals surface area contributed by atoms with Crippen molar-refractivity contribution in [1.82, 2.24) is 5.32 Å². The van der Waals surface area contributed by atoms with E-state index in [0.717, 1.165) is 22.4 Å². The standard InChI is InChI=1S/C25H24N2O2/c1-2-29-25(28)21-22(18-12-6-3-7-13-18)26-24(20-16-10-5-11-17-20)27-23(21)19-14-8-4-9-15-19/h3-17,21-22,24,26H,2H2,1H3/t21-,22+,24+/m1/s1. The summed E-state index contributed by atoms with van der Waals surface area (Å²) in [5.41, 5.74) is 3.79. The third-order valence-corrected chi connectivity index (χ3v) is 5.12. The first-order chi connectivity index (χ1) is 14.3. The Kier molecular flexibility index (Phi) is 5.82. The van der Waals surface area contributed by atoms with Gasteiger partial charge in [-0.25, -0.2) is 0 Å². The van der Waals surface area contributed by atoms with Crippen LogP contribution in [0.4, 0.5) is 0 Å². The number of aliphatic imine (C=N–C) groups is 1. The maximum atomic E-state index is 13.1. The van der Waals surface area contributed by atoms with Gasteiger partial charge in [0.1, 0.15) is 12.1 Å². The highest BCUT2D eigenvalue weighted by molar-refractivity contribution is 6.13. The molecular formula is C25H24N2O2. The molecule has 1 heterocycles. The molecule has 29 heavy (non-hydrogen) atoms. The molecule has 0 radical (unpaired) electrons. The molecule has 3 atom stereocenters. The molecule has 3 aromatic rings. The van der Waals surface area contributed by atoms with Gasteiger partial charge in [-0.15, -0.1) is 0 Å². The number of rotatable bonds is 5. The van der Waals surface area contributed by atoms with E-state index in [4.69, 9.17) is 9.73 Å². The Morgan fingerprint density at radius 3 is 2.00 bits per heavy atom. The average Bonchev–Trinajstić information content (AvgIpc) is 2.80. The van der Waals surface area contributed by atoms with Crippen molar-refractivity contribution in [2.75, 3.05) is 6.61 Å². The van der Waals surface area contributed by atoms with E-state index in [1.165, 1.54) is 0 Å². The summed E-state index contributed by atoms with van der Waals surface area (Å²) in [6.07, 6.45) is -0.248. The van der Waals surface area contributed by atoms with Crippen LogP contribution < -0.4 is 5.32 Å². The molecule has 146 valence electrons. The normalized spacial score (nSPS) is 21.3. The second-order valence-electron chi connectivity index (χ2n) is 6.98. The van der Waals surface area contributed by atoms with Crippen molar-refractivity contribution in [3.8, 4) is 0 Å². The van der Waals surface area contributed by atoms with Gasteiger partial charge in [0.05, 0.1) is 18.4 Å². The number of ether oxygens (including phenoxy) is 1. The summed E-state index contributed by atoms with van der Waals surface area (Å²) in [6.45, 7) is 2.17. The van der Waals surface area contributed by atoms with Crippen molar-refractivity contribution >= 4 is 11.7 Å². The quantitative estimate of drug-likeness (QED) is 0.649. The zero-order valence-electron chi connectivity index (χ0n) is 16.4. The van der Waals surface area contributed by atoms with Gasteiger partial charge in [0.15, 0.2) is 0 Å². The molecule has 0 fully saturated rings. The van der Waals surface area contributed by atoms with Gasteiger partial charge in [0.2, 0.25) is 0 Å². The van der Waals surface area contributed by atoms with E-state index in [1.807, 2.05) is 85.8 Å². The average molecular weight is 384 g/mol. The molecule has 4 nitrogen and oxygen atoms in total. The number of nitrogens with one attached hydrogen (secondary N) is 1. The number of benzene rings is 3. The topological polar surface area (TPSA) is 50.7 Å². The fourth-order valence-electron chi connectivity index (χ4n) is 3.78. The van der Waals surface area contributed by atoms with Crippen LogP contribution >= 0.6 is 0 Å². The van der Waals surface area contributed by atoms with Crippen molar-refractivity contribution in [3.05, 3.63) is 108 Å². The lowest BCUT2D eigenvalue weighted by molar-refractivity contribution is -0.146. The number of carbonyl (C=O) groups is 1. The van der Waals surface area contributed by atoms with Gasteiger partial charge >= 0.3 is 5.97 Å². The molecule has 4 heteroatoms. The Hall–Kier alpha value is -3.24. The molecule has 0 spiro atoms. The van der Waals surface area contributed by atoms with Gasteiger partial charge in [-0.2, -0.15) is 0 Å². The van der Waals surface area contributed by atoms with Crippen molar-refractivity contribution in [2.45, 2.75) is 19.1 Å². The van der Waals surface area contributed by atoms with Gasteiger partial charge in [-0.05, 0) is 23.6 Å². The Bertz CT molecular complexity index is 971. The third-order valence-electron chi connectivity index (χ3n) is 5.12. The van der Waals surface area contributed by atoms with Crippen molar-refractivity contribution in [1.29, 1.82) is 0 Å². The summed E-state index contributed by atoms with van der Waals surface area (Å²) in [6, 6.07) is 29.8. The number of hydrogen-bond acceptors (Lipinski definition) is 4. The molecule has 0 bridgehead atoms. The highest BCUT2D eigenvalue weighted by Crippen LogP contribution is 2.35. The molecule has 1 aliphatic heterocycles. The zero-order chi connectivity index (χ0) is 20.1. The van der Waals surface area contributed by atoms with Gasteiger partial charge in [-0.1, -0.05) is 91.0 Å². The summed E-state index contributed by atoms with van der Waals surface area (Å²) in [5, 5.41) is 3.59. The molecule has 0 amide bonds. The van der Waals surface area contributed by atoms with Gasteiger partial charge in [0, 0.05) is 0 Å². The molecule has 0 aliphatic carbocycles. The van der Waals surface area contributed by atoms with E-state index in [9.17, 15) is 4.79 Å². The van der Waals surface area contributed by atoms with Crippen LogP contribution in [0.15, 0.2) is 96.0 Å². The first-order valence-corrected chi connectivity index (χ1v) is 9.93. The van der Waals surface area contributed by atoms with Crippen LogP contribution in [0.5, 0.6) is 0 Å². The first kappa shape index (κ1) is 19.1. The minimum Gasteiger partial charge on any atom is -0.465 e. The van der Waals surface area contributed by atoms with Crippen LogP contribution in [0.2, 0.25) is 0 Å². The lowest BCUT2D eigenvalue weighted by Crippen LogP contribution is -2.44. The Balaban J connectivity index is 1.86. The predicted molar refractivity (Wildman–Crippen MR) is 115 cm³/mol. The van der Waals surface area contributed by atoms with Gasteiger partial charge < -0.3 is 4.74 Å². The van der Waals surface area contributed by atoms with Crippen LogP contribution in [0.1, 0.15) is 35.8 Å². The maximum absolute atomic E-state index is 13.1. The first-order valence-electron chi connectivity index (χ1n) is 9.93. The molecule has 0 saturated heterocycles. The molecule has 0 aromatic heterocycles. The number of nitrogens with zero attached hydrogens (tertiary/aromatic N) is 1. The minimum absolute atomic E-state index is 0.242. The van der Waals surface area contributed by atoms with Crippen LogP contribution in [0.3, 0.4) is 0 Å². The number of carbonyl (C=O) groups excluding carboxylic acids is 1. The molecule has 4 rings (SSSR count). The fourth-order valence-corrected chi connectivity index (χ4v) is 3.78. The van der Waals surface area contributed by atoms with Crippen LogP contribution in [-0.4, -0.2) is 18.3 Å². The monoisotopic (exact) mass is 384 g/mol. The van der Waals surface area contributed by atoms with E-state index >= 15 is 0 Å².